The van der Waals surface area contributed by atoms with E-state index in [4.69, 9.17) is 4.74 Å². The highest BCUT2D eigenvalue weighted by molar-refractivity contribution is 7.97. The van der Waals surface area contributed by atoms with Crippen molar-refractivity contribution >= 4 is 17.7 Å². The first-order chi connectivity index (χ1) is 10.3. The number of amides is 1. The molecular formula is C17H23NO2S. The molecule has 3 nitrogen and oxygen atoms in total. The van der Waals surface area contributed by atoms with Crippen LogP contribution in [-0.4, -0.2) is 42.9 Å². The average Bonchev–Trinajstić information content (AvgIpc) is 3.21. The quantitative estimate of drug-likeness (QED) is 0.808. The Bertz CT molecular complexity index is 495. The van der Waals surface area contributed by atoms with E-state index in [0.29, 0.717) is 12.0 Å². The highest BCUT2D eigenvalue weighted by Crippen LogP contribution is 2.30. The van der Waals surface area contributed by atoms with Crippen LogP contribution in [0.3, 0.4) is 0 Å². The van der Waals surface area contributed by atoms with Crippen LogP contribution in [0.5, 0.6) is 0 Å². The van der Waals surface area contributed by atoms with Crippen LogP contribution in [0.25, 0.3) is 0 Å². The van der Waals surface area contributed by atoms with E-state index >= 15 is 0 Å². The summed E-state index contributed by atoms with van der Waals surface area (Å²) in [5.41, 5.74) is 2.07. The molecule has 1 aliphatic carbocycles. The van der Waals surface area contributed by atoms with Gasteiger partial charge in [-0.15, -0.1) is 0 Å². The molecule has 0 spiro atoms. The molecule has 1 atom stereocenters. The molecule has 3 rings (SSSR count). The van der Waals surface area contributed by atoms with E-state index in [1.165, 1.54) is 5.56 Å². The molecule has 1 saturated heterocycles. The molecule has 4 heteroatoms. The Kier molecular flexibility index (Phi) is 4.86. The zero-order valence-corrected chi connectivity index (χ0v) is 13.4. The van der Waals surface area contributed by atoms with Gasteiger partial charge in [-0.1, -0.05) is 12.1 Å². The summed E-state index contributed by atoms with van der Waals surface area (Å²) in [6.45, 7) is 2.51. The van der Waals surface area contributed by atoms with E-state index in [2.05, 4.69) is 23.3 Å². The van der Waals surface area contributed by atoms with Crippen LogP contribution < -0.4 is 0 Å². The zero-order chi connectivity index (χ0) is 14.7. The van der Waals surface area contributed by atoms with Gasteiger partial charge in [-0.3, -0.25) is 4.79 Å². The van der Waals surface area contributed by atoms with Gasteiger partial charge in [0, 0.05) is 36.4 Å². The summed E-state index contributed by atoms with van der Waals surface area (Å²) in [6.07, 6.45) is 5.49. The number of carbonyl (C=O) groups excluding carboxylic acids is 1. The molecule has 0 bridgehead atoms. The van der Waals surface area contributed by atoms with Gasteiger partial charge in [-0.05, 0) is 43.2 Å². The Hall–Kier alpha value is -1.00. The third-order valence-electron chi connectivity index (χ3n) is 4.21. The first-order valence-electron chi connectivity index (χ1n) is 7.74. The van der Waals surface area contributed by atoms with E-state index in [-0.39, 0.29) is 5.91 Å². The Labute approximate surface area is 131 Å². The smallest absolute Gasteiger partial charge is 0.254 e. The largest absolute Gasteiger partial charge is 0.381 e. The van der Waals surface area contributed by atoms with E-state index in [9.17, 15) is 4.79 Å². The molecule has 1 saturated carbocycles. The second-order valence-corrected chi connectivity index (χ2v) is 6.92. The lowest BCUT2D eigenvalue weighted by molar-refractivity contribution is 0.0706. The van der Waals surface area contributed by atoms with E-state index in [1.54, 1.807) is 11.8 Å². The maximum absolute atomic E-state index is 12.8. The molecule has 114 valence electrons. The topological polar surface area (TPSA) is 29.5 Å². The van der Waals surface area contributed by atoms with E-state index < -0.39 is 0 Å². The Balaban J connectivity index is 1.72. The number of hydrogen-bond donors (Lipinski definition) is 0. The standard InChI is InChI=1S/C17H23NO2S/c1-21-12-13-3-2-4-15(9-13)17(19)18(16-5-6-16)10-14-7-8-20-11-14/h2-4,9,14,16H,5-8,10-12H2,1H3/t14-/m0/s1. The lowest BCUT2D eigenvalue weighted by Gasteiger charge is -2.25. The van der Waals surface area contributed by atoms with Crippen molar-refractivity contribution in [1.82, 2.24) is 4.90 Å². The van der Waals surface area contributed by atoms with Crippen molar-refractivity contribution < 1.29 is 9.53 Å². The number of thioether (sulfide) groups is 1. The van der Waals surface area contributed by atoms with Gasteiger partial charge in [0.05, 0.1) is 6.61 Å². The van der Waals surface area contributed by atoms with Crippen LogP contribution in [0.1, 0.15) is 35.2 Å². The Morgan fingerprint density at radius 1 is 1.38 bits per heavy atom. The van der Waals surface area contributed by atoms with Crippen molar-refractivity contribution in [1.29, 1.82) is 0 Å². The lowest BCUT2D eigenvalue weighted by Crippen LogP contribution is -2.37. The molecule has 1 aliphatic heterocycles. The molecule has 1 heterocycles. The summed E-state index contributed by atoms with van der Waals surface area (Å²) in [5.74, 6) is 1.68. The molecule has 21 heavy (non-hydrogen) atoms. The number of rotatable bonds is 6. The van der Waals surface area contributed by atoms with Crippen LogP contribution in [0.15, 0.2) is 24.3 Å². The number of carbonyl (C=O) groups is 1. The summed E-state index contributed by atoms with van der Waals surface area (Å²) in [5, 5.41) is 0. The summed E-state index contributed by atoms with van der Waals surface area (Å²) in [6, 6.07) is 8.57. The van der Waals surface area contributed by atoms with Crippen LogP contribution in [0, 0.1) is 5.92 Å². The molecule has 2 aliphatic rings. The van der Waals surface area contributed by atoms with Crippen LogP contribution in [0.2, 0.25) is 0 Å². The normalized spacial score (nSPS) is 21.5. The van der Waals surface area contributed by atoms with Gasteiger partial charge in [0.15, 0.2) is 0 Å². The highest BCUT2D eigenvalue weighted by Gasteiger charge is 2.35. The minimum absolute atomic E-state index is 0.201. The van der Waals surface area contributed by atoms with Crippen molar-refractivity contribution in [2.24, 2.45) is 5.92 Å². The molecule has 0 radical (unpaired) electrons. The van der Waals surface area contributed by atoms with Crippen molar-refractivity contribution in [2.45, 2.75) is 31.1 Å². The molecule has 2 fully saturated rings. The van der Waals surface area contributed by atoms with Gasteiger partial charge in [0.25, 0.3) is 5.91 Å². The first-order valence-corrected chi connectivity index (χ1v) is 9.14. The third-order valence-corrected chi connectivity index (χ3v) is 4.83. The summed E-state index contributed by atoms with van der Waals surface area (Å²) in [7, 11) is 0. The molecule has 0 N–H and O–H groups in total. The maximum atomic E-state index is 12.8. The molecule has 1 amide bonds. The number of nitrogens with zero attached hydrogens (tertiary/aromatic N) is 1. The zero-order valence-electron chi connectivity index (χ0n) is 12.6. The van der Waals surface area contributed by atoms with Gasteiger partial charge in [0.2, 0.25) is 0 Å². The van der Waals surface area contributed by atoms with E-state index in [1.807, 2.05) is 12.1 Å². The molecular weight excluding hydrogens is 282 g/mol. The molecule has 1 aromatic carbocycles. The van der Waals surface area contributed by atoms with Crippen molar-refractivity contribution in [3.8, 4) is 0 Å². The summed E-state index contributed by atoms with van der Waals surface area (Å²) >= 11 is 1.79. The van der Waals surface area contributed by atoms with Crippen LogP contribution in [0.4, 0.5) is 0 Å². The maximum Gasteiger partial charge on any atom is 0.254 e. The third kappa shape index (κ3) is 3.80. The fourth-order valence-electron chi connectivity index (χ4n) is 2.92. The fourth-order valence-corrected chi connectivity index (χ4v) is 3.43. The van der Waals surface area contributed by atoms with Crippen molar-refractivity contribution in [3.05, 3.63) is 35.4 Å². The average molecular weight is 305 g/mol. The lowest BCUT2D eigenvalue weighted by atomic mass is 10.1. The summed E-state index contributed by atoms with van der Waals surface area (Å²) < 4.78 is 5.45. The first kappa shape index (κ1) is 14.9. The second kappa shape index (κ2) is 6.84. The van der Waals surface area contributed by atoms with Gasteiger partial charge in [-0.2, -0.15) is 11.8 Å². The Morgan fingerprint density at radius 2 is 2.24 bits per heavy atom. The number of hydrogen-bond acceptors (Lipinski definition) is 3. The van der Waals surface area contributed by atoms with Gasteiger partial charge in [0.1, 0.15) is 0 Å². The van der Waals surface area contributed by atoms with Crippen molar-refractivity contribution in [2.75, 3.05) is 26.0 Å². The molecule has 0 unspecified atom stereocenters. The second-order valence-electron chi connectivity index (χ2n) is 6.05. The van der Waals surface area contributed by atoms with Crippen LogP contribution in [-0.2, 0) is 10.5 Å². The Morgan fingerprint density at radius 3 is 2.90 bits per heavy atom. The van der Waals surface area contributed by atoms with Gasteiger partial charge < -0.3 is 9.64 Å². The monoisotopic (exact) mass is 305 g/mol. The van der Waals surface area contributed by atoms with E-state index in [0.717, 1.165) is 50.3 Å². The van der Waals surface area contributed by atoms with Crippen LogP contribution >= 0.6 is 11.8 Å². The number of benzene rings is 1. The predicted octanol–water partition coefficient (Wildman–Crippen LogP) is 3.19. The molecule has 1 aromatic rings. The predicted molar refractivity (Wildman–Crippen MR) is 86.6 cm³/mol. The highest BCUT2D eigenvalue weighted by atomic mass is 32.2. The van der Waals surface area contributed by atoms with Crippen molar-refractivity contribution in [3.63, 3.8) is 0 Å². The van der Waals surface area contributed by atoms with Gasteiger partial charge in [-0.25, -0.2) is 0 Å². The minimum atomic E-state index is 0.201. The SMILES string of the molecule is CSCc1cccc(C(=O)N(C[C@@H]2CCOC2)C2CC2)c1. The summed E-state index contributed by atoms with van der Waals surface area (Å²) in [4.78, 5) is 14.9. The molecule has 0 aromatic heterocycles. The fraction of sp³-hybridized carbons (Fsp3) is 0.588. The minimum Gasteiger partial charge on any atom is -0.381 e. The number of ether oxygens (including phenoxy) is 1. The van der Waals surface area contributed by atoms with Gasteiger partial charge >= 0.3 is 0 Å².